The average molecular weight is 386 g/mol. The minimum Gasteiger partial charge on any atom is -0.297 e. The zero-order valence-electron chi connectivity index (χ0n) is 13.2. The van der Waals surface area contributed by atoms with E-state index >= 15 is 0 Å². The van der Waals surface area contributed by atoms with Crippen LogP contribution in [0.25, 0.3) is 21.5 Å². The van der Waals surface area contributed by atoms with Crippen LogP contribution in [-0.4, -0.2) is 24.0 Å². The van der Waals surface area contributed by atoms with Gasteiger partial charge in [0.15, 0.2) is 15.8 Å². The van der Waals surface area contributed by atoms with Crippen LogP contribution in [0.5, 0.6) is 0 Å². The predicted octanol–water partition coefficient (Wildman–Crippen LogP) is 4.85. The molecule has 0 radical (unpaired) electrons. The number of thioether (sulfide) groups is 1. The van der Waals surface area contributed by atoms with Gasteiger partial charge in [-0.2, -0.15) is 0 Å². The third-order valence-corrected chi connectivity index (χ3v) is 6.09. The molecular formula is C17H12ClN5S2. The second kappa shape index (κ2) is 5.72. The van der Waals surface area contributed by atoms with Crippen molar-refractivity contribution in [3.05, 3.63) is 58.3 Å². The van der Waals surface area contributed by atoms with E-state index in [1.54, 1.807) is 23.1 Å². The smallest absolute Gasteiger partial charge is 0.196 e. The number of aromatic nitrogens is 5. The number of hydrogen-bond donors (Lipinski definition) is 0. The van der Waals surface area contributed by atoms with E-state index in [1.807, 2.05) is 40.2 Å². The summed E-state index contributed by atoms with van der Waals surface area (Å²) in [6.45, 7) is 2.07. The summed E-state index contributed by atoms with van der Waals surface area (Å²) >= 11 is 9.44. The molecule has 0 unspecified atom stereocenters. The van der Waals surface area contributed by atoms with Crippen LogP contribution < -0.4 is 0 Å². The van der Waals surface area contributed by atoms with E-state index in [9.17, 15) is 0 Å². The molecule has 4 heterocycles. The van der Waals surface area contributed by atoms with Gasteiger partial charge >= 0.3 is 0 Å². The summed E-state index contributed by atoms with van der Waals surface area (Å²) in [4.78, 5) is 5.64. The molecule has 0 spiro atoms. The summed E-state index contributed by atoms with van der Waals surface area (Å²) in [5, 5.41) is 13.4. The van der Waals surface area contributed by atoms with Crippen molar-refractivity contribution in [1.29, 1.82) is 0 Å². The number of benzene rings is 1. The molecule has 1 aromatic carbocycles. The molecule has 8 heteroatoms. The minimum atomic E-state index is 0.732. The lowest BCUT2D eigenvalue weighted by atomic mass is 10.1. The number of halogens is 1. The van der Waals surface area contributed by atoms with Gasteiger partial charge in [0.05, 0.1) is 11.2 Å². The van der Waals surface area contributed by atoms with Gasteiger partial charge in [0, 0.05) is 33.9 Å². The fraction of sp³-hybridized carbons (Fsp3) is 0.118. The molecule has 0 aliphatic carbocycles. The van der Waals surface area contributed by atoms with Gasteiger partial charge < -0.3 is 0 Å². The van der Waals surface area contributed by atoms with Crippen LogP contribution >= 0.6 is 34.7 Å². The van der Waals surface area contributed by atoms with Crippen LogP contribution in [0.1, 0.15) is 11.3 Å². The van der Waals surface area contributed by atoms with Gasteiger partial charge in [-0.05, 0) is 36.8 Å². The van der Waals surface area contributed by atoms with E-state index in [0.29, 0.717) is 0 Å². The summed E-state index contributed by atoms with van der Waals surface area (Å²) in [5.74, 6) is 0.748. The molecule has 0 fully saturated rings. The molecular weight excluding hydrogens is 374 g/mol. The third-order valence-electron chi connectivity index (χ3n) is 4.12. The molecule has 0 aliphatic heterocycles. The standard InChI is InChI=1S/C17H12ClN5S2/c1-10-6-15-20-21-17(23(15)14-3-2-11(18)7-13(10)14)25-9-12-8-22-4-5-24-16(22)19-12/h2-8H,9H2,1H3. The van der Waals surface area contributed by atoms with Crippen molar-refractivity contribution in [2.24, 2.45) is 0 Å². The Morgan fingerprint density at radius 1 is 1.24 bits per heavy atom. The van der Waals surface area contributed by atoms with Gasteiger partial charge in [0.1, 0.15) is 0 Å². The first-order valence-electron chi connectivity index (χ1n) is 7.67. The molecule has 25 heavy (non-hydrogen) atoms. The topological polar surface area (TPSA) is 47.5 Å². The van der Waals surface area contributed by atoms with E-state index in [2.05, 4.69) is 32.7 Å². The van der Waals surface area contributed by atoms with Gasteiger partial charge in [-0.1, -0.05) is 23.4 Å². The molecule has 0 N–H and O–H groups in total. The second-order valence-electron chi connectivity index (χ2n) is 5.78. The Morgan fingerprint density at radius 2 is 2.16 bits per heavy atom. The van der Waals surface area contributed by atoms with E-state index < -0.39 is 0 Å². The maximum atomic E-state index is 6.17. The summed E-state index contributed by atoms with van der Waals surface area (Å²) in [6.07, 6.45) is 4.08. The molecule has 0 bridgehead atoms. The van der Waals surface area contributed by atoms with Crippen LogP contribution in [0.3, 0.4) is 0 Å². The number of nitrogens with zero attached hydrogens (tertiary/aromatic N) is 5. The number of pyridine rings is 1. The number of hydrogen-bond acceptors (Lipinski definition) is 5. The van der Waals surface area contributed by atoms with Crippen LogP contribution in [0.2, 0.25) is 5.02 Å². The van der Waals surface area contributed by atoms with Crippen molar-refractivity contribution in [2.75, 3.05) is 0 Å². The number of rotatable bonds is 3. The number of imidazole rings is 1. The van der Waals surface area contributed by atoms with Crippen molar-refractivity contribution >= 4 is 56.2 Å². The lowest BCUT2D eigenvalue weighted by Gasteiger charge is -2.07. The first kappa shape index (κ1) is 15.2. The summed E-state index contributed by atoms with van der Waals surface area (Å²) in [7, 11) is 0. The van der Waals surface area contributed by atoms with Crippen LogP contribution in [-0.2, 0) is 5.75 Å². The Bertz CT molecular complexity index is 1210. The van der Waals surface area contributed by atoms with Crippen molar-refractivity contribution in [2.45, 2.75) is 17.8 Å². The maximum Gasteiger partial charge on any atom is 0.196 e. The lowest BCUT2D eigenvalue weighted by molar-refractivity contribution is 0.939. The van der Waals surface area contributed by atoms with Gasteiger partial charge in [0.25, 0.3) is 0 Å². The molecule has 5 aromatic rings. The molecule has 0 amide bonds. The van der Waals surface area contributed by atoms with Gasteiger partial charge in [-0.15, -0.1) is 21.5 Å². The van der Waals surface area contributed by atoms with Crippen molar-refractivity contribution in [3.63, 3.8) is 0 Å². The van der Waals surface area contributed by atoms with Crippen LogP contribution in [0, 0.1) is 6.92 Å². The van der Waals surface area contributed by atoms with E-state index in [4.69, 9.17) is 11.6 Å². The highest BCUT2D eigenvalue weighted by atomic mass is 35.5. The Morgan fingerprint density at radius 3 is 3.04 bits per heavy atom. The van der Waals surface area contributed by atoms with Gasteiger partial charge in [-0.3, -0.25) is 8.80 Å². The number of thiazole rings is 1. The minimum absolute atomic E-state index is 0.732. The van der Waals surface area contributed by atoms with Gasteiger partial charge in [-0.25, -0.2) is 4.98 Å². The first-order valence-corrected chi connectivity index (χ1v) is 9.91. The molecule has 0 aliphatic rings. The predicted molar refractivity (Wildman–Crippen MR) is 103 cm³/mol. The Labute approximate surface area is 156 Å². The third kappa shape index (κ3) is 2.50. The SMILES string of the molecule is Cc1cc2nnc(SCc3cn4ccsc4n3)n2c2ccc(Cl)cc12. The monoisotopic (exact) mass is 385 g/mol. The number of aryl methyl sites for hydroxylation is 1. The fourth-order valence-electron chi connectivity index (χ4n) is 2.97. The summed E-state index contributed by atoms with van der Waals surface area (Å²) in [6, 6.07) is 7.96. The highest BCUT2D eigenvalue weighted by molar-refractivity contribution is 7.98. The van der Waals surface area contributed by atoms with Crippen molar-refractivity contribution in [3.8, 4) is 0 Å². The quantitative estimate of drug-likeness (QED) is 0.417. The number of fused-ring (bicyclic) bond motifs is 4. The van der Waals surface area contributed by atoms with Crippen LogP contribution in [0.4, 0.5) is 0 Å². The summed E-state index contributed by atoms with van der Waals surface area (Å²) in [5.41, 5.74) is 4.09. The summed E-state index contributed by atoms with van der Waals surface area (Å²) < 4.78 is 4.13. The van der Waals surface area contributed by atoms with Crippen LogP contribution in [0.15, 0.2) is 47.2 Å². The fourth-order valence-corrected chi connectivity index (χ4v) is 4.70. The molecule has 5 nitrogen and oxygen atoms in total. The zero-order chi connectivity index (χ0) is 17.0. The van der Waals surface area contributed by atoms with E-state index in [-0.39, 0.29) is 0 Å². The Kier molecular flexibility index (Phi) is 3.48. The van der Waals surface area contributed by atoms with E-state index in [1.165, 1.54) is 0 Å². The first-order chi connectivity index (χ1) is 12.2. The Balaban J connectivity index is 1.57. The largest absolute Gasteiger partial charge is 0.297 e. The average Bonchev–Trinajstić information content (AvgIpc) is 3.27. The maximum absolute atomic E-state index is 6.17. The highest BCUT2D eigenvalue weighted by Crippen LogP contribution is 2.29. The molecule has 5 rings (SSSR count). The molecule has 0 saturated heterocycles. The molecule has 4 aromatic heterocycles. The zero-order valence-corrected chi connectivity index (χ0v) is 15.6. The normalized spacial score (nSPS) is 11.9. The molecule has 124 valence electrons. The van der Waals surface area contributed by atoms with Gasteiger partial charge in [0.2, 0.25) is 0 Å². The highest BCUT2D eigenvalue weighted by Gasteiger charge is 2.13. The van der Waals surface area contributed by atoms with E-state index in [0.717, 1.165) is 48.7 Å². The Hall–Kier alpha value is -2.09. The van der Waals surface area contributed by atoms with Crippen molar-refractivity contribution in [1.82, 2.24) is 24.0 Å². The van der Waals surface area contributed by atoms with Crippen molar-refractivity contribution < 1.29 is 0 Å². The second-order valence-corrected chi connectivity index (χ2v) is 8.03. The lowest BCUT2D eigenvalue weighted by Crippen LogP contribution is -1.93. The molecule has 0 saturated carbocycles. The molecule has 0 atom stereocenters.